The number of phenols is 1. The second-order valence-electron chi connectivity index (χ2n) is 4.99. The number of hydrogen-bond acceptors (Lipinski definition) is 7. The second kappa shape index (κ2) is 6.70. The van der Waals surface area contributed by atoms with Gasteiger partial charge < -0.3 is 5.11 Å². The topological polar surface area (TPSA) is 95.0 Å². The van der Waals surface area contributed by atoms with Crippen molar-refractivity contribution < 1.29 is 24.3 Å². The summed E-state index contributed by atoms with van der Waals surface area (Å²) >= 11 is 1.67. The van der Waals surface area contributed by atoms with Crippen molar-refractivity contribution in [3.05, 3.63) is 34.7 Å². The largest absolute Gasteiger partial charge is 0.507 e. The molecule has 0 aliphatic carbocycles. The van der Waals surface area contributed by atoms with Crippen LogP contribution < -0.4 is 0 Å². The number of benzene rings is 1. The number of thioether (sulfide) groups is 2. The zero-order chi connectivity index (χ0) is 17.3. The van der Waals surface area contributed by atoms with Crippen LogP contribution >= 0.6 is 23.5 Å². The van der Waals surface area contributed by atoms with Gasteiger partial charge in [0, 0.05) is 18.7 Å². The highest BCUT2D eigenvalue weighted by molar-refractivity contribution is 8.18. The number of phenolic OH excluding ortho intramolecular Hbond substituents is 1. The molecule has 0 bridgehead atoms. The van der Waals surface area contributed by atoms with Crippen LogP contribution in [0.1, 0.15) is 5.56 Å². The first kappa shape index (κ1) is 16.6. The SMILES string of the molecule is O=C1CSC(=O)N1CCN1C(=O)S/C(=C\c2ccccc2O)C1=O. The van der Waals surface area contributed by atoms with Gasteiger partial charge in [0.2, 0.25) is 5.91 Å². The fourth-order valence-corrected chi connectivity index (χ4v) is 3.85. The van der Waals surface area contributed by atoms with Crippen LogP contribution in [0.4, 0.5) is 9.59 Å². The van der Waals surface area contributed by atoms with Gasteiger partial charge in [0.15, 0.2) is 0 Å². The quantitative estimate of drug-likeness (QED) is 0.818. The third-order valence-corrected chi connectivity index (χ3v) is 5.25. The lowest BCUT2D eigenvalue weighted by molar-refractivity contribution is -0.126. The van der Waals surface area contributed by atoms with Crippen molar-refractivity contribution in [2.24, 2.45) is 0 Å². The van der Waals surface area contributed by atoms with Gasteiger partial charge in [0.25, 0.3) is 16.4 Å². The van der Waals surface area contributed by atoms with Gasteiger partial charge in [-0.1, -0.05) is 30.0 Å². The molecule has 2 aliphatic rings. The van der Waals surface area contributed by atoms with Crippen molar-refractivity contribution in [2.45, 2.75) is 0 Å². The monoisotopic (exact) mass is 364 g/mol. The van der Waals surface area contributed by atoms with Gasteiger partial charge in [-0.15, -0.1) is 0 Å². The van der Waals surface area contributed by atoms with E-state index >= 15 is 0 Å². The van der Waals surface area contributed by atoms with Gasteiger partial charge >= 0.3 is 0 Å². The summed E-state index contributed by atoms with van der Waals surface area (Å²) in [4.78, 5) is 49.7. The van der Waals surface area contributed by atoms with Gasteiger partial charge in [-0.05, 0) is 23.9 Å². The Morgan fingerprint density at radius 3 is 2.42 bits per heavy atom. The number of nitrogens with zero attached hydrogens (tertiary/aromatic N) is 2. The maximum atomic E-state index is 12.3. The molecule has 2 aliphatic heterocycles. The summed E-state index contributed by atoms with van der Waals surface area (Å²) in [6, 6.07) is 6.47. The van der Waals surface area contributed by atoms with Crippen LogP contribution in [0, 0.1) is 0 Å². The average molecular weight is 364 g/mol. The summed E-state index contributed by atoms with van der Waals surface area (Å²) < 4.78 is 0. The number of hydrogen-bond donors (Lipinski definition) is 1. The lowest BCUT2D eigenvalue weighted by Crippen LogP contribution is -2.39. The summed E-state index contributed by atoms with van der Waals surface area (Å²) in [6.45, 7) is -0.0482. The molecule has 1 N–H and O–H groups in total. The minimum atomic E-state index is -0.500. The highest BCUT2D eigenvalue weighted by atomic mass is 32.2. The molecule has 0 spiro atoms. The van der Waals surface area contributed by atoms with Crippen molar-refractivity contribution >= 4 is 51.9 Å². The lowest BCUT2D eigenvalue weighted by atomic mass is 10.2. The summed E-state index contributed by atoms with van der Waals surface area (Å²) in [7, 11) is 0. The molecule has 3 rings (SSSR count). The van der Waals surface area contributed by atoms with E-state index in [9.17, 15) is 24.3 Å². The number of amides is 4. The van der Waals surface area contributed by atoms with Crippen molar-refractivity contribution in [3.8, 4) is 5.75 Å². The third-order valence-electron chi connectivity index (χ3n) is 3.48. The molecule has 0 unspecified atom stereocenters. The lowest BCUT2D eigenvalue weighted by Gasteiger charge is -2.17. The van der Waals surface area contributed by atoms with E-state index < -0.39 is 11.1 Å². The van der Waals surface area contributed by atoms with E-state index in [0.29, 0.717) is 5.56 Å². The molecule has 2 fully saturated rings. The Morgan fingerprint density at radius 2 is 1.75 bits per heavy atom. The van der Waals surface area contributed by atoms with Crippen molar-refractivity contribution in [1.82, 2.24) is 9.80 Å². The normalized spacial score (nSPS) is 19.9. The number of para-hydroxylation sites is 1. The zero-order valence-electron chi connectivity index (χ0n) is 12.3. The molecule has 2 heterocycles. The molecule has 1 aromatic rings. The Balaban J connectivity index is 1.71. The summed E-state index contributed by atoms with van der Waals surface area (Å²) in [6.07, 6.45) is 1.45. The Morgan fingerprint density at radius 1 is 1.04 bits per heavy atom. The standard InChI is InChI=1S/C15H12N2O5S2/c18-10-4-2-1-3-9(10)7-11-13(20)17(15(22)24-11)6-5-16-12(19)8-23-14(16)21/h1-4,7,18H,5-6,8H2/b11-7-. The molecule has 7 nitrogen and oxygen atoms in total. The Bertz CT molecular complexity index is 761. The molecule has 9 heteroatoms. The van der Waals surface area contributed by atoms with E-state index in [4.69, 9.17) is 0 Å². The van der Waals surface area contributed by atoms with E-state index in [0.717, 1.165) is 33.3 Å². The predicted octanol–water partition coefficient (Wildman–Crippen LogP) is 2.12. The first-order valence-electron chi connectivity index (χ1n) is 6.98. The van der Waals surface area contributed by atoms with Crippen molar-refractivity contribution in [1.29, 1.82) is 0 Å². The molecule has 124 valence electrons. The predicted molar refractivity (Wildman–Crippen MR) is 90.4 cm³/mol. The number of rotatable bonds is 4. The van der Waals surface area contributed by atoms with Gasteiger partial charge in [0.05, 0.1) is 10.7 Å². The third kappa shape index (κ3) is 3.17. The molecular weight excluding hydrogens is 352 g/mol. The number of carbonyl (C=O) groups excluding carboxylic acids is 4. The Hall–Kier alpha value is -2.26. The zero-order valence-corrected chi connectivity index (χ0v) is 13.9. The fraction of sp³-hybridized carbons (Fsp3) is 0.200. The molecule has 0 atom stereocenters. The van der Waals surface area contributed by atoms with Crippen molar-refractivity contribution in [3.63, 3.8) is 0 Å². The summed E-state index contributed by atoms with van der Waals surface area (Å²) in [5.74, 6) is -0.718. The van der Waals surface area contributed by atoms with Crippen LogP contribution in [0.2, 0.25) is 0 Å². The number of aromatic hydroxyl groups is 1. The van der Waals surface area contributed by atoms with Gasteiger partial charge in [0.1, 0.15) is 5.75 Å². The molecule has 1 aromatic carbocycles. The van der Waals surface area contributed by atoms with Crippen LogP contribution in [-0.4, -0.2) is 56.0 Å². The first-order chi connectivity index (χ1) is 11.5. The molecule has 0 saturated carbocycles. The summed E-state index contributed by atoms with van der Waals surface area (Å²) in [5.41, 5.74) is 0.435. The minimum Gasteiger partial charge on any atom is -0.507 e. The van der Waals surface area contributed by atoms with Crippen LogP contribution in [0.5, 0.6) is 5.75 Å². The second-order valence-corrected chi connectivity index (χ2v) is 6.91. The number of imide groups is 2. The minimum absolute atomic E-state index is 0.00737. The molecule has 4 amide bonds. The van der Waals surface area contributed by atoms with Crippen LogP contribution in [0.3, 0.4) is 0 Å². The number of carbonyl (C=O) groups is 4. The average Bonchev–Trinajstić information content (AvgIpc) is 3.00. The maximum absolute atomic E-state index is 12.3. The van der Waals surface area contributed by atoms with Crippen LogP contribution in [0.15, 0.2) is 29.2 Å². The van der Waals surface area contributed by atoms with Gasteiger partial charge in [-0.25, -0.2) is 0 Å². The molecule has 0 radical (unpaired) electrons. The smallest absolute Gasteiger partial charge is 0.293 e. The van der Waals surface area contributed by atoms with Crippen LogP contribution in [0.25, 0.3) is 6.08 Å². The Labute approximate surface area is 145 Å². The van der Waals surface area contributed by atoms with Gasteiger partial charge in [-0.2, -0.15) is 0 Å². The van der Waals surface area contributed by atoms with E-state index in [1.54, 1.807) is 18.2 Å². The summed E-state index contributed by atoms with van der Waals surface area (Å²) in [5, 5.41) is 8.92. The van der Waals surface area contributed by atoms with E-state index in [1.807, 2.05) is 0 Å². The Kier molecular flexibility index (Phi) is 4.63. The van der Waals surface area contributed by atoms with Crippen LogP contribution in [-0.2, 0) is 9.59 Å². The van der Waals surface area contributed by atoms with Crippen molar-refractivity contribution in [2.75, 3.05) is 18.8 Å². The first-order valence-corrected chi connectivity index (χ1v) is 8.78. The highest BCUT2D eigenvalue weighted by Gasteiger charge is 2.37. The van der Waals surface area contributed by atoms with Gasteiger partial charge in [-0.3, -0.25) is 29.0 Å². The molecule has 0 aromatic heterocycles. The molecule has 2 saturated heterocycles. The van der Waals surface area contributed by atoms with E-state index in [-0.39, 0.29) is 40.6 Å². The molecule has 24 heavy (non-hydrogen) atoms. The maximum Gasteiger partial charge on any atom is 0.293 e. The fourth-order valence-electron chi connectivity index (χ4n) is 2.24. The van der Waals surface area contributed by atoms with E-state index in [2.05, 4.69) is 0 Å². The van der Waals surface area contributed by atoms with E-state index in [1.165, 1.54) is 12.1 Å². The highest BCUT2D eigenvalue weighted by Crippen LogP contribution is 2.33. The molecular formula is C15H12N2O5S2.